The van der Waals surface area contributed by atoms with Crippen LogP contribution in [-0.4, -0.2) is 17.1 Å². The van der Waals surface area contributed by atoms with Crippen molar-refractivity contribution in [2.75, 3.05) is 0 Å². The maximum atomic E-state index is 10.9. The number of epoxide rings is 1. The Hall–Kier alpha value is -2.70. The Labute approximate surface area is 113 Å². The second kappa shape index (κ2) is 3.44. The largest absolute Gasteiger partial charge is 0.367 e. The normalized spacial score (nSPS) is 31.9. The molecule has 0 unspecified atom stereocenters. The van der Waals surface area contributed by atoms with E-state index in [0.29, 0.717) is 11.1 Å². The molecular formula is C14H7N3O3. The molecule has 5 rings (SSSR count). The van der Waals surface area contributed by atoms with Gasteiger partial charge in [0.1, 0.15) is 0 Å². The Morgan fingerprint density at radius 2 is 1.70 bits per heavy atom. The number of nitro benzene ring substituents is 1. The standard InChI is InChI=1S/C14H7N3O3/c15-4-9-10(5-16)12-8-3-6(17(18)19)1-2-7(8)11(9)13-14(12)20-13/h1-3,11-14H/t11-,12+,13+,14-/m1/s1. The first-order valence-electron chi connectivity index (χ1n) is 6.15. The highest BCUT2D eigenvalue weighted by Gasteiger charge is 2.62. The van der Waals surface area contributed by atoms with Crippen LogP contribution in [0.3, 0.4) is 0 Å². The Morgan fingerprint density at radius 3 is 2.25 bits per heavy atom. The molecule has 0 saturated carbocycles. The van der Waals surface area contributed by atoms with Crippen LogP contribution in [-0.2, 0) is 4.74 Å². The summed E-state index contributed by atoms with van der Waals surface area (Å²) in [4.78, 5) is 10.5. The van der Waals surface area contributed by atoms with Gasteiger partial charge in [-0.1, -0.05) is 6.07 Å². The highest BCUT2D eigenvalue weighted by Crippen LogP contribution is 2.61. The van der Waals surface area contributed by atoms with Gasteiger partial charge in [-0.15, -0.1) is 0 Å². The fourth-order valence-electron chi connectivity index (χ4n) is 3.49. The maximum Gasteiger partial charge on any atom is 0.269 e. The molecule has 2 bridgehead atoms. The molecule has 4 aliphatic rings. The number of ether oxygens (including phenoxy) is 1. The summed E-state index contributed by atoms with van der Waals surface area (Å²) in [6, 6.07) is 8.85. The van der Waals surface area contributed by atoms with Gasteiger partial charge in [0.25, 0.3) is 5.69 Å². The van der Waals surface area contributed by atoms with Crippen molar-refractivity contribution in [3.05, 3.63) is 50.6 Å². The first-order valence-corrected chi connectivity index (χ1v) is 6.15. The third-order valence-electron chi connectivity index (χ3n) is 4.32. The second-order valence-electron chi connectivity index (χ2n) is 5.14. The average molecular weight is 265 g/mol. The quantitative estimate of drug-likeness (QED) is 0.438. The minimum absolute atomic E-state index is 0.00398. The lowest BCUT2D eigenvalue weighted by Gasteiger charge is -2.34. The number of rotatable bonds is 1. The van der Waals surface area contributed by atoms with Gasteiger partial charge in [0.05, 0.1) is 40.4 Å². The van der Waals surface area contributed by atoms with Gasteiger partial charge in [0.15, 0.2) is 0 Å². The second-order valence-corrected chi connectivity index (χ2v) is 5.14. The molecule has 6 nitrogen and oxygen atoms in total. The molecule has 0 aromatic heterocycles. The van der Waals surface area contributed by atoms with Crippen molar-refractivity contribution >= 4 is 5.69 Å². The smallest absolute Gasteiger partial charge is 0.269 e. The molecule has 3 aliphatic carbocycles. The van der Waals surface area contributed by atoms with Crippen molar-refractivity contribution in [3.8, 4) is 12.1 Å². The van der Waals surface area contributed by atoms with Crippen molar-refractivity contribution in [1.82, 2.24) is 0 Å². The zero-order chi connectivity index (χ0) is 14.0. The lowest BCUT2D eigenvalue weighted by molar-refractivity contribution is -0.385. The molecular weight excluding hydrogens is 258 g/mol. The number of nitrogens with zero attached hydrogens (tertiary/aromatic N) is 3. The number of nitriles is 2. The molecule has 0 radical (unpaired) electrons. The highest BCUT2D eigenvalue weighted by molar-refractivity contribution is 5.65. The third kappa shape index (κ3) is 1.14. The van der Waals surface area contributed by atoms with Crippen LogP contribution in [0.2, 0.25) is 0 Å². The van der Waals surface area contributed by atoms with Crippen LogP contribution in [0.25, 0.3) is 0 Å². The van der Waals surface area contributed by atoms with E-state index in [2.05, 4.69) is 12.1 Å². The van der Waals surface area contributed by atoms with Gasteiger partial charge in [-0.2, -0.15) is 10.5 Å². The van der Waals surface area contributed by atoms with Crippen LogP contribution in [0.15, 0.2) is 29.3 Å². The van der Waals surface area contributed by atoms with Crippen LogP contribution in [0.1, 0.15) is 23.0 Å². The van der Waals surface area contributed by atoms with E-state index in [1.54, 1.807) is 6.07 Å². The molecule has 1 aromatic rings. The first kappa shape index (κ1) is 11.2. The van der Waals surface area contributed by atoms with Crippen LogP contribution in [0.5, 0.6) is 0 Å². The molecule has 1 aliphatic heterocycles. The summed E-state index contributed by atoms with van der Waals surface area (Å²) in [6.07, 6.45) is -0.165. The predicted molar refractivity (Wildman–Crippen MR) is 65.5 cm³/mol. The first-order chi connectivity index (χ1) is 9.67. The van der Waals surface area contributed by atoms with E-state index in [-0.39, 0.29) is 29.7 Å². The summed E-state index contributed by atoms with van der Waals surface area (Å²) in [7, 11) is 0. The zero-order valence-corrected chi connectivity index (χ0v) is 10.1. The summed E-state index contributed by atoms with van der Waals surface area (Å²) in [5, 5.41) is 29.5. The molecule has 1 heterocycles. The SMILES string of the molecule is N#CC1=C(C#N)[C@H]2c3ccc([N+](=O)[O-])cc3[C@@H]1[C@H]1O[C@H]12. The van der Waals surface area contributed by atoms with Crippen LogP contribution in [0.4, 0.5) is 5.69 Å². The minimum Gasteiger partial charge on any atom is -0.367 e. The van der Waals surface area contributed by atoms with Crippen LogP contribution < -0.4 is 0 Å². The molecule has 1 aromatic carbocycles. The van der Waals surface area contributed by atoms with E-state index in [4.69, 9.17) is 4.74 Å². The van der Waals surface area contributed by atoms with Crippen LogP contribution >= 0.6 is 0 Å². The lowest BCUT2D eigenvalue weighted by Crippen LogP contribution is -2.31. The van der Waals surface area contributed by atoms with E-state index in [1.165, 1.54) is 12.1 Å². The van der Waals surface area contributed by atoms with Gasteiger partial charge in [-0.05, 0) is 11.1 Å². The Bertz CT molecular complexity index is 784. The fourth-order valence-corrected chi connectivity index (χ4v) is 3.49. The highest BCUT2D eigenvalue weighted by atomic mass is 16.6. The molecule has 20 heavy (non-hydrogen) atoms. The molecule has 0 amide bonds. The Kier molecular flexibility index (Phi) is 1.92. The summed E-state index contributed by atoms with van der Waals surface area (Å²) in [6.45, 7) is 0. The molecule has 0 spiro atoms. The van der Waals surface area contributed by atoms with Gasteiger partial charge in [-0.25, -0.2) is 0 Å². The van der Waals surface area contributed by atoms with E-state index < -0.39 is 4.92 Å². The van der Waals surface area contributed by atoms with Crippen molar-refractivity contribution in [3.63, 3.8) is 0 Å². The van der Waals surface area contributed by atoms with E-state index in [0.717, 1.165) is 11.1 Å². The summed E-state index contributed by atoms with van der Waals surface area (Å²) in [5.74, 6) is -0.583. The predicted octanol–water partition coefficient (Wildman–Crippen LogP) is 1.90. The van der Waals surface area contributed by atoms with Gasteiger partial charge in [0, 0.05) is 24.0 Å². The number of hydrogen-bond acceptors (Lipinski definition) is 5. The molecule has 6 heteroatoms. The van der Waals surface area contributed by atoms with Crippen molar-refractivity contribution in [2.24, 2.45) is 0 Å². The van der Waals surface area contributed by atoms with Crippen molar-refractivity contribution < 1.29 is 9.66 Å². The molecule has 1 saturated heterocycles. The van der Waals surface area contributed by atoms with Gasteiger partial charge in [0.2, 0.25) is 0 Å². The van der Waals surface area contributed by atoms with Gasteiger partial charge in [-0.3, -0.25) is 10.1 Å². The van der Waals surface area contributed by atoms with Crippen molar-refractivity contribution in [2.45, 2.75) is 24.0 Å². The van der Waals surface area contributed by atoms with E-state index in [1.807, 2.05) is 0 Å². The van der Waals surface area contributed by atoms with Crippen molar-refractivity contribution in [1.29, 1.82) is 10.5 Å². The summed E-state index contributed by atoms with van der Waals surface area (Å²) >= 11 is 0. The zero-order valence-electron chi connectivity index (χ0n) is 10.1. The topological polar surface area (TPSA) is 103 Å². The molecule has 96 valence electrons. The number of hydrogen-bond donors (Lipinski definition) is 0. The number of nitro groups is 1. The van der Waals surface area contributed by atoms with Gasteiger partial charge < -0.3 is 4.74 Å². The minimum atomic E-state index is -0.450. The number of benzene rings is 1. The Balaban J connectivity index is 1.98. The molecule has 4 atom stereocenters. The maximum absolute atomic E-state index is 10.9. The van der Waals surface area contributed by atoms with Gasteiger partial charge >= 0.3 is 0 Å². The Morgan fingerprint density at radius 1 is 1.10 bits per heavy atom. The molecule has 1 fully saturated rings. The average Bonchev–Trinajstić information content (AvgIpc) is 3.26. The van der Waals surface area contributed by atoms with Crippen LogP contribution in [0, 0.1) is 32.8 Å². The lowest BCUT2D eigenvalue weighted by atomic mass is 9.64. The third-order valence-corrected chi connectivity index (χ3v) is 4.32. The summed E-state index contributed by atoms with van der Waals surface area (Å²) < 4.78 is 5.60. The fraction of sp³-hybridized carbons (Fsp3) is 0.286. The summed E-state index contributed by atoms with van der Waals surface area (Å²) in [5.41, 5.74) is 2.51. The number of non-ortho nitro benzene ring substituents is 1. The van der Waals surface area contributed by atoms with E-state index in [9.17, 15) is 20.6 Å². The monoisotopic (exact) mass is 265 g/mol. The molecule has 0 N–H and O–H groups in total. The van der Waals surface area contributed by atoms with E-state index >= 15 is 0 Å².